The number of rotatable bonds is 5. The van der Waals surface area contributed by atoms with E-state index in [1.54, 1.807) is 38.1 Å². The van der Waals surface area contributed by atoms with Gasteiger partial charge in [-0.25, -0.2) is 13.1 Å². The number of hydrogen-bond donors (Lipinski definition) is 1. The molecule has 1 aromatic rings. The Labute approximate surface area is 126 Å². The Hall–Kier alpha value is -1.40. The largest absolute Gasteiger partial charge is 0.362 e. The fourth-order valence-corrected chi connectivity index (χ4v) is 3.87. The third-order valence-corrected chi connectivity index (χ3v) is 5.25. The predicted molar refractivity (Wildman–Crippen MR) is 82.9 cm³/mol. The molecule has 0 aliphatic carbocycles. The third-order valence-electron chi connectivity index (χ3n) is 3.58. The number of sulfonamides is 1. The zero-order valence-corrected chi connectivity index (χ0v) is 13.3. The summed E-state index contributed by atoms with van der Waals surface area (Å²) in [4.78, 5) is 13.4. The van der Waals surface area contributed by atoms with E-state index in [0.717, 1.165) is 37.8 Å². The van der Waals surface area contributed by atoms with Crippen molar-refractivity contribution in [3.8, 4) is 0 Å². The molecule has 1 fully saturated rings. The van der Waals surface area contributed by atoms with Gasteiger partial charge in [0.05, 0.1) is 10.9 Å². The number of anilines is 1. The molecule has 1 atom stereocenters. The zero-order valence-electron chi connectivity index (χ0n) is 12.5. The summed E-state index contributed by atoms with van der Waals surface area (Å²) >= 11 is 0. The van der Waals surface area contributed by atoms with Crippen LogP contribution in [0.1, 0.15) is 33.1 Å². The maximum Gasteiger partial charge on any atom is 0.240 e. The molecule has 1 N–H and O–H groups in total. The van der Waals surface area contributed by atoms with Gasteiger partial charge >= 0.3 is 0 Å². The molecule has 1 saturated heterocycles. The van der Waals surface area contributed by atoms with Gasteiger partial charge in [0.1, 0.15) is 6.29 Å². The van der Waals surface area contributed by atoms with E-state index >= 15 is 0 Å². The summed E-state index contributed by atoms with van der Waals surface area (Å²) < 4.78 is 26.7. The normalized spacial score (nSPS) is 19.8. The van der Waals surface area contributed by atoms with Gasteiger partial charge in [-0.2, -0.15) is 0 Å². The number of nitrogens with zero attached hydrogens (tertiary/aromatic N) is 1. The van der Waals surface area contributed by atoms with Gasteiger partial charge < -0.3 is 9.69 Å². The Morgan fingerprint density at radius 3 is 2.48 bits per heavy atom. The Balaban J connectivity index is 2.20. The first kappa shape index (κ1) is 16.0. The second-order valence-electron chi connectivity index (χ2n) is 5.66. The van der Waals surface area contributed by atoms with Crippen LogP contribution in [0.2, 0.25) is 0 Å². The number of aldehydes is 1. The highest BCUT2D eigenvalue weighted by Gasteiger charge is 2.22. The van der Waals surface area contributed by atoms with Gasteiger partial charge in [-0.05, 0) is 57.4 Å². The summed E-state index contributed by atoms with van der Waals surface area (Å²) in [5, 5.41) is 0. The van der Waals surface area contributed by atoms with E-state index in [2.05, 4.69) is 4.72 Å². The second kappa shape index (κ2) is 6.58. The van der Waals surface area contributed by atoms with Crippen LogP contribution >= 0.6 is 0 Å². The molecule has 1 aromatic carbocycles. The molecule has 116 valence electrons. The van der Waals surface area contributed by atoms with E-state index < -0.39 is 10.0 Å². The topological polar surface area (TPSA) is 66.5 Å². The van der Waals surface area contributed by atoms with Crippen molar-refractivity contribution >= 4 is 22.0 Å². The molecule has 1 unspecified atom stereocenters. The molecule has 0 saturated carbocycles. The maximum atomic E-state index is 12.1. The zero-order chi connectivity index (χ0) is 15.5. The highest BCUT2D eigenvalue weighted by Crippen LogP contribution is 2.25. The van der Waals surface area contributed by atoms with Crippen molar-refractivity contribution < 1.29 is 13.2 Å². The predicted octanol–water partition coefficient (Wildman–Crippen LogP) is 1.93. The molecule has 1 heterocycles. The van der Waals surface area contributed by atoms with Crippen molar-refractivity contribution in [1.82, 2.24) is 4.72 Å². The Bertz CT molecular complexity index is 581. The van der Waals surface area contributed by atoms with Gasteiger partial charge in [-0.15, -0.1) is 0 Å². The molecule has 0 spiro atoms. The standard InChI is InChI=1S/C15H22N2O3S/c1-12(2)16-21(19,20)15-8-6-13(7-9-15)17-10-4-3-5-14(17)11-18/h6-9,11-12,14,16H,3-5,10H2,1-2H3. The molecule has 6 heteroatoms. The lowest BCUT2D eigenvalue weighted by molar-refractivity contribution is -0.109. The van der Waals surface area contributed by atoms with Gasteiger partial charge in [0.2, 0.25) is 10.0 Å². The highest BCUT2D eigenvalue weighted by molar-refractivity contribution is 7.89. The van der Waals surface area contributed by atoms with Gasteiger partial charge in [0, 0.05) is 18.3 Å². The van der Waals surface area contributed by atoms with Gasteiger partial charge in [0.25, 0.3) is 0 Å². The highest BCUT2D eigenvalue weighted by atomic mass is 32.2. The van der Waals surface area contributed by atoms with E-state index in [4.69, 9.17) is 0 Å². The van der Waals surface area contributed by atoms with Crippen LogP contribution in [-0.4, -0.2) is 33.3 Å². The molecular formula is C15H22N2O3S. The smallest absolute Gasteiger partial charge is 0.240 e. The van der Waals surface area contributed by atoms with Crippen molar-refractivity contribution in [2.75, 3.05) is 11.4 Å². The van der Waals surface area contributed by atoms with Crippen LogP contribution in [0.25, 0.3) is 0 Å². The Morgan fingerprint density at radius 2 is 1.90 bits per heavy atom. The molecule has 0 bridgehead atoms. The molecule has 2 rings (SSSR count). The fourth-order valence-electron chi connectivity index (χ4n) is 2.61. The van der Waals surface area contributed by atoms with E-state index in [1.165, 1.54) is 0 Å². The van der Waals surface area contributed by atoms with Crippen LogP contribution in [-0.2, 0) is 14.8 Å². The minimum absolute atomic E-state index is 0.102. The summed E-state index contributed by atoms with van der Waals surface area (Å²) in [5.74, 6) is 0. The summed E-state index contributed by atoms with van der Waals surface area (Å²) in [6, 6.07) is 6.49. The maximum absolute atomic E-state index is 12.1. The minimum atomic E-state index is -3.46. The van der Waals surface area contributed by atoms with Crippen LogP contribution in [0.4, 0.5) is 5.69 Å². The minimum Gasteiger partial charge on any atom is -0.362 e. The van der Waals surface area contributed by atoms with Crippen LogP contribution in [0, 0.1) is 0 Å². The molecule has 5 nitrogen and oxygen atoms in total. The van der Waals surface area contributed by atoms with Crippen molar-refractivity contribution in [3.63, 3.8) is 0 Å². The summed E-state index contributed by atoms with van der Waals surface area (Å²) in [5.41, 5.74) is 0.898. The molecule has 0 radical (unpaired) electrons. The first-order chi connectivity index (χ1) is 9.94. The number of piperidine rings is 1. The van der Waals surface area contributed by atoms with E-state index in [9.17, 15) is 13.2 Å². The second-order valence-corrected chi connectivity index (χ2v) is 7.38. The lowest BCUT2D eigenvalue weighted by Crippen LogP contribution is -2.40. The van der Waals surface area contributed by atoms with Crippen molar-refractivity contribution in [1.29, 1.82) is 0 Å². The Kier molecular flexibility index (Phi) is 5.00. The first-order valence-electron chi connectivity index (χ1n) is 7.28. The van der Waals surface area contributed by atoms with Crippen LogP contribution < -0.4 is 9.62 Å². The number of hydrogen-bond acceptors (Lipinski definition) is 4. The molecule has 1 aliphatic heterocycles. The van der Waals surface area contributed by atoms with Crippen LogP contribution in [0.5, 0.6) is 0 Å². The van der Waals surface area contributed by atoms with Crippen molar-refractivity contribution in [2.45, 2.75) is 50.1 Å². The van der Waals surface area contributed by atoms with E-state index in [-0.39, 0.29) is 17.0 Å². The number of nitrogens with one attached hydrogen (secondary N) is 1. The average Bonchev–Trinajstić information content (AvgIpc) is 2.46. The SMILES string of the molecule is CC(C)NS(=O)(=O)c1ccc(N2CCCCC2C=O)cc1. The van der Waals surface area contributed by atoms with Gasteiger partial charge in [0.15, 0.2) is 0 Å². The summed E-state index contributed by atoms with van der Waals surface area (Å²) in [6.07, 6.45) is 3.95. The Morgan fingerprint density at radius 1 is 1.24 bits per heavy atom. The third kappa shape index (κ3) is 3.83. The number of benzene rings is 1. The quantitative estimate of drug-likeness (QED) is 0.844. The summed E-state index contributed by atoms with van der Waals surface area (Å²) in [6.45, 7) is 4.41. The lowest BCUT2D eigenvalue weighted by atomic mass is 10.0. The van der Waals surface area contributed by atoms with Crippen molar-refractivity contribution in [3.05, 3.63) is 24.3 Å². The van der Waals surface area contributed by atoms with E-state index in [1.807, 2.05) is 4.90 Å². The fraction of sp³-hybridized carbons (Fsp3) is 0.533. The number of carbonyl (C=O) groups excluding carboxylic acids is 1. The van der Waals surface area contributed by atoms with Crippen LogP contribution in [0.15, 0.2) is 29.2 Å². The number of carbonyl (C=O) groups is 1. The van der Waals surface area contributed by atoms with Crippen molar-refractivity contribution in [2.24, 2.45) is 0 Å². The van der Waals surface area contributed by atoms with Gasteiger partial charge in [-0.3, -0.25) is 0 Å². The monoisotopic (exact) mass is 310 g/mol. The average molecular weight is 310 g/mol. The van der Waals surface area contributed by atoms with Gasteiger partial charge in [-0.1, -0.05) is 0 Å². The molecule has 0 amide bonds. The first-order valence-corrected chi connectivity index (χ1v) is 8.76. The molecule has 0 aromatic heterocycles. The van der Waals surface area contributed by atoms with E-state index in [0.29, 0.717) is 0 Å². The molecule has 1 aliphatic rings. The molecule has 21 heavy (non-hydrogen) atoms. The lowest BCUT2D eigenvalue weighted by Gasteiger charge is -2.34. The molecular weight excluding hydrogens is 288 g/mol. The summed E-state index contributed by atoms with van der Waals surface area (Å²) in [7, 11) is -3.46. The van der Waals surface area contributed by atoms with Crippen LogP contribution in [0.3, 0.4) is 0 Å².